The summed E-state index contributed by atoms with van der Waals surface area (Å²) in [6, 6.07) is 5.69. The highest BCUT2D eigenvalue weighted by molar-refractivity contribution is 8.03. The molecular formula is C24H25ClN4O4S. The van der Waals surface area contributed by atoms with Gasteiger partial charge in [0.1, 0.15) is 27.5 Å². The number of aliphatic hydroxyl groups is 1. The van der Waals surface area contributed by atoms with E-state index in [1.807, 2.05) is 18.2 Å². The van der Waals surface area contributed by atoms with Crippen LogP contribution in [-0.4, -0.2) is 43.7 Å². The molecule has 5 rings (SSSR count). The van der Waals surface area contributed by atoms with Crippen molar-refractivity contribution in [3.8, 4) is 5.75 Å². The molecule has 1 saturated carbocycles. The number of carbonyl (C=O) groups is 1. The molecule has 3 aromatic rings. The fourth-order valence-electron chi connectivity index (χ4n) is 4.95. The van der Waals surface area contributed by atoms with Crippen LogP contribution >= 0.6 is 23.4 Å². The Bertz CT molecular complexity index is 1260. The maximum absolute atomic E-state index is 13.2. The predicted molar refractivity (Wildman–Crippen MR) is 129 cm³/mol. The number of nitrogens with zero attached hydrogens (tertiary/aromatic N) is 3. The van der Waals surface area contributed by atoms with Gasteiger partial charge in [0.25, 0.3) is 0 Å². The molecular weight excluding hydrogens is 476 g/mol. The number of hydrogen-bond acceptors (Lipinski definition) is 8. The van der Waals surface area contributed by atoms with E-state index in [4.69, 9.17) is 21.1 Å². The van der Waals surface area contributed by atoms with Crippen molar-refractivity contribution in [1.82, 2.24) is 19.9 Å². The molecule has 178 valence electrons. The number of aromatic amines is 1. The molecule has 1 atom stereocenters. The Labute approximate surface area is 206 Å². The quantitative estimate of drug-likeness (QED) is 0.328. The smallest absolute Gasteiger partial charge is 0.349 e. The van der Waals surface area contributed by atoms with Gasteiger partial charge in [-0.25, -0.2) is 19.7 Å². The third-order valence-corrected chi connectivity index (χ3v) is 7.99. The molecule has 8 nitrogen and oxygen atoms in total. The minimum Gasteiger partial charge on any atom is -0.511 e. The fraction of sp³-hybridized carbons (Fsp3) is 0.417. The van der Waals surface area contributed by atoms with E-state index in [-0.39, 0.29) is 23.0 Å². The van der Waals surface area contributed by atoms with E-state index in [2.05, 4.69) is 19.9 Å². The Kier molecular flexibility index (Phi) is 6.40. The van der Waals surface area contributed by atoms with Gasteiger partial charge < -0.3 is 19.6 Å². The molecule has 1 aliphatic carbocycles. The minimum absolute atomic E-state index is 0.0339. The Hall–Kier alpha value is -2.78. The second kappa shape index (κ2) is 9.46. The number of esters is 1. The lowest BCUT2D eigenvalue weighted by atomic mass is 9.77. The highest BCUT2D eigenvalue weighted by Gasteiger charge is 2.48. The molecule has 34 heavy (non-hydrogen) atoms. The van der Waals surface area contributed by atoms with Crippen molar-refractivity contribution >= 4 is 40.5 Å². The third kappa shape index (κ3) is 4.46. The summed E-state index contributed by atoms with van der Waals surface area (Å²) in [5.41, 5.74) is 1.48. The van der Waals surface area contributed by atoms with E-state index >= 15 is 0 Å². The number of thioether (sulfide) groups is 1. The van der Waals surface area contributed by atoms with Crippen molar-refractivity contribution in [2.75, 3.05) is 7.11 Å². The predicted octanol–water partition coefficient (Wildman–Crippen LogP) is 5.39. The monoisotopic (exact) mass is 500 g/mol. The van der Waals surface area contributed by atoms with Crippen molar-refractivity contribution in [3.63, 3.8) is 0 Å². The number of imidazole rings is 1. The van der Waals surface area contributed by atoms with Crippen molar-refractivity contribution in [1.29, 1.82) is 0 Å². The number of aliphatic hydroxyl groups excluding tert-OH is 1. The molecule has 0 radical (unpaired) electrons. The first kappa shape index (κ1) is 23.0. The van der Waals surface area contributed by atoms with Crippen LogP contribution in [0, 0.1) is 5.92 Å². The van der Waals surface area contributed by atoms with Gasteiger partial charge in [-0.3, -0.25) is 0 Å². The number of aryl methyl sites for hydroxylation is 1. The molecule has 10 heteroatoms. The molecule has 1 fully saturated rings. The lowest BCUT2D eigenvalue weighted by Gasteiger charge is -2.41. The normalized spacial score (nSPS) is 21.3. The van der Waals surface area contributed by atoms with Crippen molar-refractivity contribution in [3.05, 3.63) is 52.0 Å². The lowest BCUT2D eigenvalue weighted by Crippen LogP contribution is -2.45. The van der Waals surface area contributed by atoms with Crippen LogP contribution < -0.4 is 4.74 Å². The highest BCUT2D eigenvalue weighted by Crippen LogP contribution is 2.47. The summed E-state index contributed by atoms with van der Waals surface area (Å²) >= 11 is 7.32. The van der Waals surface area contributed by atoms with E-state index in [1.165, 1.54) is 6.33 Å². The number of rotatable bonds is 7. The van der Waals surface area contributed by atoms with E-state index in [1.54, 1.807) is 13.3 Å². The number of nitrogens with one attached hydrogen (secondary N) is 1. The van der Waals surface area contributed by atoms with Gasteiger partial charge in [0, 0.05) is 6.42 Å². The van der Waals surface area contributed by atoms with Gasteiger partial charge in [-0.05, 0) is 61.1 Å². The standard InChI is InChI=1S/C24H25ClN4O4S/c1-32-19-7-6-14(10-16(19)25)8-9-24(15-4-2-3-5-15)11-18(30)20(22(31)33-24)34-23-26-12-17-21(29-23)28-13-27-17/h6-7,10,12-13,15,30H,2-5,8-9,11H2,1H3,(H,26,27,28,29). The molecule has 0 saturated heterocycles. The Balaban J connectivity index is 1.39. The number of benzene rings is 1. The summed E-state index contributed by atoms with van der Waals surface area (Å²) in [7, 11) is 1.58. The third-order valence-electron chi connectivity index (χ3n) is 6.71. The van der Waals surface area contributed by atoms with E-state index < -0.39 is 11.6 Å². The van der Waals surface area contributed by atoms with Crippen LogP contribution in [0.2, 0.25) is 5.02 Å². The topological polar surface area (TPSA) is 110 Å². The van der Waals surface area contributed by atoms with Crippen molar-refractivity contribution in [2.45, 2.75) is 55.7 Å². The zero-order chi connectivity index (χ0) is 23.7. The van der Waals surface area contributed by atoms with E-state index in [9.17, 15) is 9.90 Å². The van der Waals surface area contributed by atoms with Gasteiger partial charge in [-0.2, -0.15) is 0 Å². The average Bonchev–Trinajstić information content (AvgIpc) is 3.52. The van der Waals surface area contributed by atoms with Crippen LogP contribution in [0.15, 0.2) is 46.5 Å². The number of cyclic esters (lactones) is 1. The summed E-state index contributed by atoms with van der Waals surface area (Å²) in [4.78, 5) is 29.0. The molecule has 3 heterocycles. The minimum atomic E-state index is -0.749. The lowest BCUT2D eigenvalue weighted by molar-refractivity contribution is -0.166. The zero-order valence-corrected chi connectivity index (χ0v) is 20.3. The SMILES string of the molecule is COc1ccc(CCC2(C3CCCC3)CC(O)=C(Sc3ncc4[nH]cnc4n3)C(=O)O2)cc1Cl. The van der Waals surface area contributed by atoms with Crippen LogP contribution in [0.5, 0.6) is 5.75 Å². The number of aromatic nitrogens is 4. The summed E-state index contributed by atoms with van der Waals surface area (Å²) in [6.07, 6.45) is 8.84. The van der Waals surface area contributed by atoms with Crippen molar-refractivity contribution in [2.24, 2.45) is 5.92 Å². The Morgan fingerprint density at radius 2 is 2.15 bits per heavy atom. The van der Waals surface area contributed by atoms with E-state index in [0.717, 1.165) is 43.0 Å². The summed E-state index contributed by atoms with van der Waals surface area (Å²) < 4.78 is 11.4. The number of fused-ring (bicyclic) bond motifs is 1. The first-order valence-electron chi connectivity index (χ1n) is 11.3. The molecule has 1 aromatic carbocycles. The van der Waals surface area contributed by atoms with Crippen LogP contribution in [0.1, 0.15) is 44.1 Å². The van der Waals surface area contributed by atoms with Crippen LogP contribution in [0.3, 0.4) is 0 Å². The maximum Gasteiger partial charge on any atom is 0.349 e. The molecule has 0 amide bonds. The van der Waals surface area contributed by atoms with Gasteiger partial charge in [0.15, 0.2) is 10.8 Å². The second-order valence-corrected chi connectivity index (χ2v) is 10.1. The number of carbonyl (C=O) groups excluding carboxylic acids is 1. The summed E-state index contributed by atoms with van der Waals surface area (Å²) in [5.74, 6) is 0.332. The van der Waals surface area contributed by atoms with Crippen LogP contribution in [0.25, 0.3) is 11.2 Å². The molecule has 0 spiro atoms. The van der Waals surface area contributed by atoms with Gasteiger partial charge in [-0.1, -0.05) is 30.5 Å². The maximum atomic E-state index is 13.2. The molecule has 1 unspecified atom stereocenters. The number of halogens is 1. The summed E-state index contributed by atoms with van der Waals surface area (Å²) in [6.45, 7) is 0. The van der Waals surface area contributed by atoms with Crippen LogP contribution in [0.4, 0.5) is 0 Å². The second-order valence-electron chi connectivity index (χ2n) is 8.75. The van der Waals surface area contributed by atoms with Gasteiger partial charge in [0.2, 0.25) is 0 Å². The summed E-state index contributed by atoms with van der Waals surface area (Å²) in [5, 5.41) is 11.9. The first-order chi connectivity index (χ1) is 16.5. The van der Waals surface area contributed by atoms with Crippen molar-refractivity contribution < 1.29 is 19.4 Å². The molecule has 2 aromatic heterocycles. The highest BCUT2D eigenvalue weighted by atomic mass is 35.5. The van der Waals surface area contributed by atoms with Gasteiger partial charge in [0.05, 0.1) is 24.7 Å². The zero-order valence-electron chi connectivity index (χ0n) is 18.7. The van der Waals surface area contributed by atoms with Gasteiger partial charge >= 0.3 is 5.97 Å². The number of H-pyrrole nitrogens is 1. The first-order valence-corrected chi connectivity index (χ1v) is 12.5. The van der Waals surface area contributed by atoms with E-state index in [0.29, 0.717) is 39.9 Å². The molecule has 2 N–H and O–H groups in total. The largest absolute Gasteiger partial charge is 0.511 e. The fourth-order valence-corrected chi connectivity index (χ4v) is 5.97. The Morgan fingerprint density at radius 3 is 2.88 bits per heavy atom. The van der Waals surface area contributed by atoms with Crippen LogP contribution in [-0.2, 0) is 16.0 Å². The average molecular weight is 501 g/mol. The molecule has 0 bridgehead atoms. The number of methoxy groups -OCH3 is 1. The Morgan fingerprint density at radius 1 is 1.32 bits per heavy atom. The number of ether oxygens (including phenoxy) is 2. The van der Waals surface area contributed by atoms with Gasteiger partial charge in [-0.15, -0.1) is 0 Å². The molecule has 1 aliphatic heterocycles. The number of hydrogen-bond donors (Lipinski definition) is 2. The molecule has 2 aliphatic rings.